The molecule has 4 rings (SSSR count). The molecule has 23 heavy (non-hydrogen) atoms. The number of piperidine rings is 1. The normalized spacial score (nSPS) is 19.4. The maximum Gasteiger partial charge on any atom is 0.272 e. The third-order valence-electron chi connectivity index (χ3n) is 4.99. The predicted molar refractivity (Wildman–Crippen MR) is 87.5 cm³/mol. The topological polar surface area (TPSA) is 62.5 Å². The molecule has 0 atom stereocenters. The quantitative estimate of drug-likeness (QED) is 0.933. The zero-order chi connectivity index (χ0) is 15.8. The van der Waals surface area contributed by atoms with Crippen molar-refractivity contribution in [1.82, 2.24) is 24.8 Å². The fourth-order valence-corrected chi connectivity index (χ4v) is 3.46. The molecule has 0 spiro atoms. The summed E-state index contributed by atoms with van der Waals surface area (Å²) in [5.74, 6) is 1.29. The second-order valence-electron chi connectivity index (χ2n) is 6.73. The Labute approximate surface area is 135 Å². The van der Waals surface area contributed by atoms with Crippen LogP contribution in [0.25, 0.3) is 5.65 Å². The van der Waals surface area contributed by atoms with Gasteiger partial charge >= 0.3 is 0 Å². The van der Waals surface area contributed by atoms with Crippen LogP contribution in [0.4, 0.5) is 0 Å². The van der Waals surface area contributed by atoms with E-state index in [1.165, 1.54) is 12.8 Å². The molecule has 6 heteroatoms. The van der Waals surface area contributed by atoms with Crippen molar-refractivity contribution in [2.24, 2.45) is 5.92 Å². The van der Waals surface area contributed by atoms with Crippen molar-refractivity contribution in [3.8, 4) is 0 Å². The van der Waals surface area contributed by atoms with E-state index in [-0.39, 0.29) is 5.91 Å². The van der Waals surface area contributed by atoms with Crippen LogP contribution >= 0.6 is 0 Å². The first-order valence-corrected chi connectivity index (χ1v) is 8.55. The second-order valence-corrected chi connectivity index (χ2v) is 6.73. The van der Waals surface area contributed by atoms with Crippen LogP contribution in [-0.4, -0.2) is 52.1 Å². The number of likely N-dealkylation sites (tertiary alicyclic amines) is 1. The Morgan fingerprint density at radius 1 is 1.30 bits per heavy atom. The number of nitrogens with one attached hydrogen (secondary N) is 1. The van der Waals surface area contributed by atoms with Crippen molar-refractivity contribution in [2.45, 2.75) is 31.6 Å². The summed E-state index contributed by atoms with van der Waals surface area (Å²) in [6.07, 6.45) is 6.21. The van der Waals surface area contributed by atoms with Crippen molar-refractivity contribution in [1.29, 1.82) is 0 Å². The van der Waals surface area contributed by atoms with E-state index in [0.29, 0.717) is 17.5 Å². The molecule has 1 aliphatic heterocycles. The van der Waals surface area contributed by atoms with Crippen molar-refractivity contribution >= 4 is 11.6 Å². The Hall–Kier alpha value is -1.95. The Balaban J connectivity index is 1.58. The Morgan fingerprint density at radius 3 is 2.78 bits per heavy atom. The number of nitrogens with zero attached hydrogens (tertiary/aromatic N) is 4. The van der Waals surface area contributed by atoms with Gasteiger partial charge in [-0.1, -0.05) is 0 Å². The van der Waals surface area contributed by atoms with E-state index >= 15 is 0 Å². The van der Waals surface area contributed by atoms with E-state index in [1.54, 1.807) is 10.7 Å². The lowest BCUT2D eigenvalue weighted by Crippen LogP contribution is -2.41. The van der Waals surface area contributed by atoms with Gasteiger partial charge in [0.15, 0.2) is 5.65 Å². The summed E-state index contributed by atoms with van der Waals surface area (Å²) in [5, 5.41) is 7.53. The molecule has 6 nitrogen and oxygen atoms in total. The van der Waals surface area contributed by atoms with Crippen molar-refractivity contribution in [3.05, 3.63) is 29.7 Å². The number of amides is 1. The third-order valence-corrected chi connectivity index (χ3v) is 4.99. The summed E-state index contributed by atoms with van der Waals surface area (Å²) in [5.41, 5.74) is 2.49. The molecular formula is C17H23N5O. The maximum absolute atomic E-state index is 13.0. The number of hydrogen-bond donors (Lipinski definition) is 1. The molecule has 1 amide bonds. The molecule has 0 unspecified atom stereocenters. The van der Waals surface area contributed by atoms with Gasteiger partial charge in [-0.25, -0.2) is 9.50 Å². The molecule has 1 aliphatic carbocycles. The molecule has 2 aromatic rings. The highest BCUT2D eigenvalue weighted by molar-refractivity contribution is 5.93. The number of aromatic nitrogens is 3. The average molecular weight is 313 g/mol. The highest BCUT2D eigenvalue weighted by Crippen LogP contribution is 2.39. The van der Waals surface area contributed by atoms with Gasteiger partial charge in [-0.2, -0.15) is 5.10 Å². The molecule has 0 aromatic carbocycles. The van der Waals surface area contributed by atoms with E-state index in [1.807, 2.05) is 24.1 Å². The maximum atomic E-state index is 13.0. The summed E-state index contributed by atoms with van der Waals surface area (Å²) in [4.78, 5) is 19.6. The molecule has 1 saturated carbocycles. The summed E-state index contributed by atoms with van der Waals surface area (Å²) in [7, 11) is 1.99. The first-order valence-electron chi connectivity index (χ1n) is 8.55. The van der Waals surface area contributed by atoms with Crippen molar-refractivity contribution < 1.29 is 4.79 Å². The molecule has 0 radical (unpaired) electrons. The number of hydrogen-bond acceptors (Lipinski definition) is 4. The van der Waals surface area contributed by atoms with Gasteiger partial charge in [0, 0.05) is 30.8 Å². The second kappa shape index (κ2) is 5.92. The van der Waals surface area contributed by atoms with Gasteiger partial charge < -0.3 is 10.2 Å². The van der Waals surface area contributed by atoms with Crippen LogP contribution in [0, 0.1) is 5.92 Å². The SMILES string of the molecule is CNCC1CCN(C(=O)c2cc(C3CC3)nc3ccnn23)CC1. The molecule has 0 bridgehead atoms. The van der Waals surface area contributed by atoms with Gasteiger partial charge in [-0.3, -0.25) is 4.79 Å². The van der Waals surface area contributed by atoms with Gasteiger partial charge in [0.05, 0.1) is 6.20 Å². The zero-order valence-electron chi connectivity index (χ0n) is 13.5. The van der Waals surface area contributed by atoms with E-state index in [2.05, 4.69) is 15.4 Å². The van der Waals surface area contributed by atoms with Gasteiger partial charge in [-0.05, 0) is 51.3 Å². The van der Waals surface area contributed by atoms with Gasteiger partial charge in [0.25, 0.3) is 5.91 Å². The van der Waals surface area contributed by atoms with Crippen LogP contribution in [0.3, 0.4) is 0 Å². The first kappa shape index (κ1) is 14.6. The highest BCUT2D eigenvalue weighted by atomic mass is 16.2. The van der Waals surface area contributed by atoms with Crippen molar-refractivity contribution in [2.75, 3.05) is 26.7 Å². The minimum absolute atomic E-state index is 0.0888. The van der Waals surface area contributed by atoms with Crippen LogP contribution in [-0.2, 0) is 0 Å². The minimum Gasteiger partial charge on any atom is -0.337 e. The average Bonchev–Trinajstić information content (AvgIpc) is 3.32. The Bertz CT molecular complexity index is 713. The Morgan fingerprint density at radius 2 is 2.09 bits per heavy atom. The van der Waals surface area contributed by atoms with E-state index in [0.717, 1.165) is 43.8 Å². The number of fused-ring (bicyclic) bond motifs is 1. The van der Waals surface area contributed by atoms with Crippen LogP contribution in [0.1, 0.15) is 47.8 Å². The lowest BCUT2D eigenvalue weighted by Gasteiger charge is -2.32. The predicted octanol–water partition coefficient (Wildman–Crippen LogP) is 1.68. The highest BCUT2D eigenvalue weighted by Gasteiger charge is 2.29. The van der Waals surface area contributed by atoms with Crippen molar-refractivity contribution in [3.63, 3.8) is 0 Å². The minimum atomic E-state index is 0.0888. The third kappa shape index (κ3) is 2.83. The molecule has 3 heterocycles. The molecule has 2 aliphatic rings. The van der Waals surface area contributed by atoms with Gasteiger partial charge in [-0.15, -0.1) is 0 Å². The lowest BCUT2D eigenvalue weighted by atomic mass is 9.96. The molecule has 2 fully saturated rings. The molecular weight excluding hydrogens is 290 g/mol. The molecule has 122 valence electrons. The summed E-state index contributed by atoms with van der Waals surface area (Å²) >= 11 is 0. The summed E-state index contributed by atoms with van der Waals surface area (Å²) < 4.78 is 1.69. The monoisotopic (exact) mass is 313 g/mol. The van der Waals surface area contributed by atoms with Crippen LogP contribution in [0.15, 0.2) is 18.3 Å². The molecule has 2 aromatic heterocycles. The van der Waals surface area contributed by atoms with E-state index in [9.17, 15) is 4.79 Å². The molecule has 1 saturated heterocycles. The van der Waals surface area contributed by atoms with Gasteiger partial charge in [0.2, 0.25) is 0 Å². The summed E-state index contributed by atoms with van der Waals surface area (Å²) in [6, 6.07) is 3.83. The lowest BCUT2D eigenvalue weighted by molar-refractivity contribution is 0.0681. The van der Waals surface area contributed by atoms with Crippen LogP contribution in [0.5, 0.6) is 0 Å². The number of carbonyl (C=O) groups is 1. The fourth-order valence-electron chi connectivity index (χ4n) is 3.46. The van der Waals surface area contributed by atoms with Crippen LogP contribution in [0.2, 0.25) is 0 Å². The van der Waals surface area contributed by atoms with E-state index in [4.69, 9.17) is 0 Å². The zero-order valence-corrected chi connectivity index (χ0v) is 13.5. The first-order chi connectivity index (χ1) is 11.3. The largest absolute Gasteiger partial charge is 0.337 e. The number of rotatable bonds is 4. The smallest absolute Gasteiger partial charge is 0.272 e. The van der Waals surface area contributed by atoms with Gasteiger partial charge in [0.1, 0.15) is 5.69 Å². The standard InChI is InChI=1S/C17H23N5O/c1-18-11-12-5-8-21(9-6-12)17(23)15-10-14(13-2-3-13)20-16-4-7-19-22(15)16/h4,7,10,12-13,18H,2-3,5-6,8-9,11H2,1H3. The van der Waals surface area contributed by atoms with Crippen LogP contribution < -0.4 is 5.32 Å². The Kier molecular flexibility index (Phi) is 3.77. The van der Waals surface area contributed by atoms with E-state index < -0.39 is 0 Å². The summed E-state index contributed by atoms with van der Waals surface area (Å²) in [6.45, 7) is 2.69. The molecule has 1 N–H and O–H groups in total. The fraction of sp³-hybridized carbons (Fsp3) is 0.588. The number of carbonyl (C=O) groups excluding carboxylic acids is 1.